The van der Waals surface area contributed by atoms with Crippen LogP contribution in [0.2, 0.25) is 0 Å². The normalized spacial score (nSPS) is 11.9. The van der Waals surface area contributed by atoms with Crippen LogP contribution in [-0.2, 0) is 31.8 Å². The number of amides is 1. The first-order valence-corrected chi connectivity index (χ1v) is 11.8. The molecule has 1 amide bonds. The van der Waals surface area contributed by atoms with E-state index < -0.39 is 17.8 Å². The van der Waals surface area contributed by atoms with Crippen LogP contribution in [0.25, 0.3) is 0 Å². The van der Waals surface area contributed by atoms with Gasteiger partial charge in [-0.25, -0.2) is 9.59 Å². The van der Waals surface area contributed by atoms with Crippen LogP contribution in [0, 0.1) is 0 Å². The highest BCUT2D eigenvalue weighted by atomic mass is 16.6. The summed E-state index contributed by atoms with van der Waals surface area (Å²) in [6.45, 7) is 10.2. The van der Waals surface area contributed by atoms with E-state index >= 15 is 0 Å². The number of nitrogens with one attached hydrogen (secondary N) is 1. The number of hydrogen-bond acceptors (Lipinski definition) is 7. The van der Waals surface area contributed by atoms with Gasteiger partial charge in [0.15, 0.2) is 17.6 Å². The molecule has 0 spiro atoms. The van der Waals surface area contributed by atoms with E-state index in [1.54, 1.807) is 14.0 Å². The van der Waals surface area contributed by atoms with Gasteiger partial charge < -0.3 is 23.7 Å². The second kappa shape index (κ2) is 13.6. The van der Waals surface area contributed by atoms with Gasteiger partial charge in [0.25, 0.3) is 0 Å². The lowest BCUT2D eigenvalue weighted by atomic mass is 10.1. The third-order valence-corrected chi connectivity index (χ3v) is 4.81. The van der Waals surface area contributed by atoms with Gasteiger partial charge in [-0.1, -0.05) is 18.2 Å². The van der Waals surface area contributed by atoms with Crippen molar-refractivity contribution in [3.05, 3.63) is 53.6 Å². The highest BCUT2D eigenvalue weighted by Gasteiger charge is 2.21. The number of rotatable bonds is 12. The molecule has 0 aliphatic rings. The van der Waals surface area contributed by atoms with Crippen molar-refractivity contribution in [2.75, 3.05) is 32.2 Å². The number of carbonyl (C=O) groups is 2. The highest BCUT2D eigenvalue weighted by Crippen LogP contribution is 2.29. The smallest absolute Gasteiger partial charge is 0.412 e. The second-order valence-corrected chi connectivity index (χ2v) is 8.81. The molecule has 0 fully saturated rings. The maximum atomic E-state index is 12.1. The zero-order chi connectivity index (χ0) is 25.8. The van der Waals surface area contributed by atoms with Gasteiger partial charge in [-0.05, 0) is 70.0 Å². The van der Waals surface area contributed by atoms with Crippen molar-refractivity contribution < 1.29 is 33.3 Å². The van der Waals surface area contributed by atoms with Gasteiger partial charge in [0, 0.05) is 25.1 Å². The lowest BCUT2D eigenvalue weighted by Crippen LogP contribution is -2.29. The van der Waals surface area contributed by atoms with Crippen molar-refractivity contribution in [3.63, 3.8) is 0 Å². The molecule has 192 valence electrons. The summed E-state index contributed by atoms with van der Waals surface area (Å²) in [7, 11) is 1.58. The summed E-state index contributed by atoms with van der Waals surface area (Å²) in [5.74, 6) is 0.822. The number of anilines is 1. The van der Waals surface area contributed by atoms with Crippen molar-refractivity contribution in [1.82, 2.24) is 0 Å². The third kappa shape index (κ3) is 9.86. The lowest BCUT2D eigenvalue weighted by molar-refractivity contribution is -0.156. The van der Waals surface area contributed by atoms with Crippen LogP contribution in [0.3, 0.4) is 0 Å². The van der Waals surface area contributed by atoms with Gasteiger partial charge in [0.05, 0.1) is 20.3 Å². The van der Waals surface area contributed by atoms with E-state index in [1.807, 2.05) is 70.2 Å². The summed E-state index contributed by atoms with van der Waals surface area (Å²) < 4.78 is 27.3. The second-order valence-electron chi connectivity index (χ2n) is 8.81. The Bertz CT molecular complexity index is 951. The highest BCUT2D eigenvalue weighted by molar-refractivity contribution is 5.84. The molecule has 2 aromatic rings. The molecule has 1 unspecified atom stereocenters. The Balaban J connectivity index is 1.92. The first-order chi connectivity index (χ1) is 16.6. The fourth-order valence-corrected chi connectivity index (χ4v) is 3.27. The monoisotopic (exact) mass is 487 g/mol. The van der Waals surface area contributed by atoms with Crippen LogP contribution in [-0.4, -0.2) is 50.7 Å². The van der Waals surface area contributed by atoms with E-state index in [-0.39, 0.29) is 5.97 Å². The molecule has 0 heterocycles. The van der Waals surface area contributed by atoms with Crippen LogP contribution >= 0.6 is 0 Å². The number of ether oxygens (including phenoxy) is 5. The Hall–Kier alpha value is -3.26. The van der Waals surface area contributed by atoms with E-state index in [2.05, 4.69) is 5.32 Å². The minimum atomic E-state index is -0.663. The summed E-state index contributed by atoms with van der Waals surface area (Å²) in [5.41, 5.74) is 2.06. The molecule has 0 aromatic heterocycles. The fourth-order valence-electron chi connectivity index (χ4n) is 3.27. The van der Waals surface area contributed by atoms with Gasteiger partial charge in [-0.15, -0.1) is 0 Å². The van der Waals surface area contributed by atoms with Crippen molar-refractivity contribution in [2.24, 2.45) is 0 Å². The molecular weight excluding hydrogens is 450 g/mol. The lowest BCUT2D eigenvalue weighted by Gasteiger charge is -2.19. The largest absolute Gasteiger partial charge is 0.493 e. The summed E-state index contributed by atoms with van der Waals surface area (Å²) in [6, 6.07) is 13.1. The molecule has 0 saturated carbocycles. The summed E-state index contributed by atoms with van der Waals surface area (Å²) >= 11 is 0. The molecular formula is C27H37NO7. The third-order valence-electron chi connectivity index (χ3n) is 4.81. The predicted molar refractivity (Wildman–Crippen MR) is 134 cm³/mol. The standard InChI is InChI=1S/C27H37NO7/c1-7-32-24(25(29)33-8-2)18-20-11-14-22(23(17-20)31-6)34-16-15-19-9-12-21(13-10-19)28-26(30)35-27(3,4)5/h9-14,17,24H,7-8,15-16,18H2,1-6H3,(H,28,30). The number of esters is 1. The molecule has 1 atom stereocenters. The van der Waals surface area contributed by atoms with Crippen molar-refractivity contribution >= 4 is 17.7 Å². The molecule has 0 radical (unpaired) electrons. The summed E-state index contributed by atoms with van der Waals surface area (Å²) in [5, 5.41) is 2.72. The van der Waals surface area contributed by atoms with Crippen molar-refractivity contribution in [3.8, 4) is 11.5 Å². The van der Waals surface area contributed by atoms with Gasteiger partial charge in [0.1, 0.15) is 5.60 Å². The number of benzene rings is 2. The van der Waals surface area contributed by atoms with Crippen LogP contribution in [0.1, 0.15) is 45.7 Å². The minimum Gasteiger partial charge on any atom is -0.493 e. The fraction of sp³-hybridized carbons (Fsp3) is 0.481. The minimum absolute atomic E-state index is 0.307. The van der Waals surface area contributed by atoms with Crippen LogP contribution in [0.4, 0.5) is 10.5 Å². The van der Waals surface area contributed by atoms with Crippen LogP contribution < -0.4 is 14.8 Å². The first-order valence-electron chi connectivity index (χ1n) is 11.8. The van der Waals surface area contributed by atoms with E-state index in [0.717, 1.165) is 11.1 Å². The van der Waals surface area contributed by atoms with E-state index in [1.165, 1.54) is 0 Å². The SMILES string of the molecule is CCOC(=O)C(Cc1ccc(OCCc2ccc(NC(=O)OC(C)(C)C)cc2)c(OC)c1)OCC. The zero-order valence-corrected chi connectivity index (χ0v) is 21.5. The van der Waals surface area contributed by atoms with E-state index in [9.17, 15) is 9.59 Å². The van der Waals surface area contributed by atoms with Gasteiger partial charge in [-0.2, -0.15) is 0 Å². The molecule has 1 N–H and O–H groups in total. The van der Waals surface area contributed by atoms with Gasteiger partial charge in [-0.3, -0.25) is 5.32 Å². The van der Waals surface area contributed by atoms with Gasteiger partial charge in [0.2, 0.25) is 0 Å². The van der Waals surface area contributed by atoms with Crippen LogP contribution in [0.15, 0.2) is 42.5 Å². The summed E-state index contributed by atoms with van der Waals surface area (Å²) in [4.78, 5) is 24.0. The molecule has 0 aliphatic heterocycles. The Morgan fingerprint density at radius 1 is 0.943 bits per heavy atom. The quantitative estimate of drug-likeness (QED) is 0.413. The molecule has 0 bridgehead atoms. The molecule has 0 saturated heterocycles. The van der Waals surface area contributed by atoms with Crippen LogP contribution in [0.5, 0.6) is 11.5 Å². The maximum Gasteiger partial charge on any atom is 0.412 e. The summed E-state index contributed by atoms with van der Waals surface area (Å²) in [6.07, 6.45) is -0.0944. The zero-order valence-electron chi connectivity index (χ0n) is 21.5. The Morgan fingerprint density at radius 2 is 1.63 bits per heavy atom. The molecule has 8 nitrogen and oxygen atoms in total. The molecule has 8 heteroatoms. The number of methoxy groups -OCH3 is 1. The number of hydrogen-bond donors (Lipinski definition) is 1. The van der Waals surface area contributed by atoms with Gasteiger partial charge >= 0.3 is 12.1 Å². The molecule has 2 aromatic carbocycles. The number of carbonyl (C=O) groups excluding carboxylic acids is 2. The van der Waals surface area contributed by atoms with Crippen molar-refractivity contribution in [1.29, 1.82) is 0 Å². The topological polar surface area (TPSA) is 92.3 Å². The molecule has 35 heavy (non-hydrogen) atoms. The van der Waals surface area contributed by atoms with E-state index in [4.69, 9.17) is 23.7 Å². The molecule has 2 rings (SSSR count). The Kier molecular flexibility index (Phi) is 10.9. The van der Waals surface area contributed by atoms with Crippen molar-refractivity contribution in [2.45, 2.75) is 59.2 Å². The molecule has 0 aliphatic carbocycles. The first kappa shape index (κ1) is 28.0. The van der Waals surface area contributed by atoms with E-state index in [0.29, 0.717) is 49.8 Å². The average Bonchev–Trinajstić information content (AvgIpc) is 2.79. The average molecular weight is 488 g/mol. The maximum absolute atomic E-state index is 12.1. The Morgan fingerprint density at radius 3 is 2.23 bits per heavy atom. The Labute approximate surface area is 207 Å². The predicted octanol–water partition coefficient (Wildman–Crippen LogP) is 5.17.